The van der Waals surface area contributed by atoms with Crippen LogP contribution in [0, 0.1) is 0 Å². The van der Waals surface area contributed by atoms with Crippen LogP contribution in [0.3, 0.4) is 0 Å². The van der Waals surface area contributed by atoms with Crippen molar-refractivity contribution in [2.24, 2.45) is 0 Å². The third-order valence-electron chi connectivity index (χ3n) is 3.61. The van der Waals surface area contributed by atoms with Crippen LogP contribution in [0.5, 0.6) is 0 Å². The number of benzene rings is 1. The Hall–Kier alpha value is -3.28. The van der Waals surface area contributed by atoms with E-state index in [0.717, 1.165) is 11.1 Å². The number of imidazole rings is 1. The average molecular weight is 303 g/mol. The van der Waals surface area contributed by atoms with Crippen LogP contribution in [0.15, 0.2) is 65.8 Å². The van der Waals surface area contributed by atoms with Crippen molar-refractivity contribution in [2.75, 3.05) is 0 Å². The van der Waals surface area contributed by atoms with Crippen LogP contribution in [0.2, 0.25) is 0 Å². The SMILES string of the molecule is O=c1[nH]c2cnc(-c3cccnc3)nc2n1Cc1ccccc1. The molecule has 1 aromatic carbocycles. The predicted octanol–water partition coefficient (Wildman–Crippen LogP) is 2.23. The Morgan fingerprint density at radius 2 is 1.91 bits per heavy atom. The second kappa shape index (κ2) is 5.49. The first-order chi connectivity index (χ1) is 11.3. The molecular formula is C17H13N5O. The molecule has 3 heterocycles. The van der Waals surface area contributed by atoms with E-state index in [9.17, 15) is 4.79 Å². The number of nitrogens with one attached hydrogen (secondary N) is 1. The van der Waals surface area contributed by atoms with Gasteiger partial charge in [0, 0.05) is 18.0 Å². The van der Waals surface area contributed by atoms with Gasteiger partial charge in [0.1, 0.15) is 5.52 Å². The minimum Gasteiger partial charge on any atom is -0.303 e. The highest BCUT2D eigenvalue weighted by Gasteiger charge is 2.11. The summed E-state index contributed by atoms with van der Waals surface area (Å²) in [6.45, 7) is 0.461. The molecule has 0 atom stereocenters. The third-order valence-corrected chi connectivity index (χ3v) is 3.61. The van der Waals surface area contributed by atoms with Gasteiger partial charge in [-0.2, -0.15) is 0 Å². The van der Waals surface area contributed by atoms with Crippen molar-refractivity contribution >= 4 is 11.2 Å². The van der Waals surface area contributed by atoms with E-state index in [-0.39, 0.29) is 5.69 Å². The van der Waals surface area contributed by atoms with Crippen LogP contribution in [0.25, 0.3) is 22.6 Å². The van der Waals surface area contributed by atoms with Crippen LogP contribution in [-0.4, -0.2) is 24.5 Å². The van der Waals surface area contributed by atoms with E-state index < -0.39 is 0 Å². The molecule has 23 heavy (non-hydrogen) atoms. The third kappa shape index (κ3) is 2.50. The monoisotopic (exact) mass is 303 g/mol. The molecule has 0 amide bonds. The molecule has 0 saturated heterocycles. The lowest BCUT2D eigenvalue weighted by molar-refractivity contribution is 0.778. The van der Waals surface area contributed by atoms with Crippen molar-refractivity contribution in [3.05, 3.63) is 77.1 Å². The highest BCUT2D eigenvalue weighted by Crippen LogP contribution is 2.16. The van der Waals surface area contributed by atoms with Gasteiger partial charge in [0.05, 0.1) is 12.7 Å². The first-order valence-corrected chi connectivity index (χ1v) is 7.21. The van der Waals surface area contributed by atoms with Gasteiger partial charge in [-0.25, -0.2) is 14.8 Å². The zero-order chi connectivity index (χ0) is 15.6. The Morgan fingerprint density at radius 1 is 1.04 bits per heavy atom. The summed E-state index contributed by atoms with van der Waals surface area (Å²) in [5, 5.41) is 0. The minimum absolute atomic E-state index is 0.193. The standard InChI is InChI=1S/C17H13N5O/c23-17-20-14-10-19-15(13-7-4-8-18-9-13)21-16(14)22(17)11-12-5-2-1-3-6-12/h1-10H,11H2,(H,20,23). The summed E-state index contributed by atoms with van der Waals surface area (Å²) in [4.78, 5) is 27.9. The Balaban J connectivity index is 1.84. The topological polar surface area (TPSA) is 76.5 Å². The van der Waals surface area contributed by atoms with E-state index in [1.165, 1.54) is 0 Å². The summed E-state index contributed by atoms with van der Waals surface area (Å²) < 4.78 is 1.62. The van der Waals surface area contributed by atoms with Crippen LogP contribution in [0.1, 0.15) is 5.56 Å². The number of H-pyrrole nitrogens is 1. The average Bonchev–Trinajstić information content (AvgIpc) is 2.92. The summed E-state index contributed by atoms with van der Waals surface area (Å²) in [5.74, 6) is 0.548. The molecule has 6 nitrogen and oxygen atoms in total. The van der Waals surface area contributed by atoms with Crippen LogP contribution >= 0.6 is 0 Å². The van der Waals surface area contributed by atoms with E-state index in [2.05, 4.69) is 19.9 Å². The maximum Gasteiger partial charge on any atom is 0.328 e. The number of aromatic nitrogens is 5. The summed E-state index contributed by atoms with van der Waals surface area (Å²) in [6.07, 6.45) is 5.03. The summed E-state index contributed by atoms with van der Waals surface area (Å²) >= 11 is 0. The zero-order valence-electron chi connectivity index (χ0n) is 12.2. The molecule has 3 aromatic heterocycles. The Kier molecular flexibility index (Phi) is 3.20. The molecular weight excluding hydrogens is 290 g/mol. The van der Waals surface area contributed by atoms with Crippen LogP contribution in [0.4, 0.5) is 0 Å². The largest absolute Gasteiger partial charge is 0.328 e. The normalized spacial score (nSPS) is 11.0. The molecule has 112 valence electrons. The molecule has 0 fully saturated rings. The van der Waals surface area contributed by atoms with Crippen LogP contribution in [-0.2, 0) is 6.54 Å². The molecule has 4 rings (SSSR count). The van der Waals surface area contributed by atoms with Crippen molar-refractivity contribution in [1.82, 2.24) is 24.5 Å². The quantitative estimate of drug-likeness (QED) is 0.629. The zero-order valence-corrected chi connectivity index (χ0v) is 12.2. The Morgan fingerprint density at radius 3 is 2.70 bits per heavy atom. The fraction of sp³-hybridized carbons (Fsp3) is 0.0588. The lowest BCUT2D eigenvalue weighted by atomic mass is 10.2. The number of pyridine rings is 1. The first-order valence-electron chi connectivity index (χ1n) is 7.21. The lowest BCUT2D eigenvalue weighted by Crippen LogP contribution is -2.17. The van der Waals surface area contributed by atoms with Gasteiger partial charge < -0.3 is 4.98 Å². The molecule has 0 aliphatic heterocycles. The van der Waals surface area contributed by atoms with Crippen LogP contribution < -0.4 is 5.69 Å². The van der Waals surface area contributed by atoms with E-state index in [0.29, 0.717) is 23.5 Å². The molecule has 0 saturated carbocycles. The van der Waals surface area contributed by atoms with Gasteiger partial charge in [0.15, 0.2) is 11.5 Å². The van der Waals surface area contributed by atoms with Crippen molar-refractivity contribution < 1.29 is 0 Å². The van der Waals surface area contributed by atoms with Gasteiger partial charge in [0.2, 0.25) is 0 Å². The van der Waals surface area contributed by atoms with Gasteiger partial charge in [-0.1, -0.05) is 30.3 Å². The number of hydrogen-bond acceptors (Lipinski definition) is 4. The number of aromatic amines is 1. The first kappa shape index (κ1) is 13.4. The van der Waals surface area contributed by atoms with Gasteiger partial charge in [0.25, 0.3) is 0 Å². The lowest BCUT2D eigenvalue weighted by Gasteiger charge is -2.04. The summed E-state index contributed by atoms with van der Waals surface area (Å²) in [6, 6.07) is 13.5. The van der Waals surface area contributed by atoms with E-state index in [1.807, 2.05) is 42.5 Å². The smallest absolute Gasteiger partial charge is 0.303 e. The van der Waals surface area contributed by atoms with Crippen molar-refractivity contribution in [3.63, 3.8) is 0 Å². The van der Waals surface area contributed by atoms with E-state index in [1.54, 1.807) is 23.2 Å². The molecule has 1 N–H and O–H groups in total. The fourth-order valence-corrected chi connectivity index (χ4v) is 2.49. The predicted molar refractivity (Wildman–Crippen MR) is 86.9 cm³/mol. The van der Waals surface area contributed by atoms with Gasteiger partial charge >= 0.3 is 5.69 Å². The number of rotatable bonds is 3. The number of nitrogens with zero attached hydrogens (tertiary/aromatic N) is 4. The van der Waals surface area contributed by atoms with Crippen molar-refractivity contribution in [3.8, 4) is 11.4 Å². The molecule has 0 aliphatic carbocycles. The number of hydrogen-bond donors (Lipinski definition) is 1. The molecule has 0 bridgehead atoms. The van der Waals surface area contributed by atoms with E-state index in [4.69, 9.17) is 0 Å². The highest BCUT2D eigenvalue weighted by molar-refractivity contribution is 5.72. The molecule has 0 aliphatic rings. The van der Waals surface area contributed by atoms with Gasteiger partial charge in [-0.3, -0.25) is 9.55 Å². The number of fused-ring (bicyclic) bond motifs is 1. The van der Waals surface area contributed by atoms with Crippen molar-refractivity contribution in [1.29, 1.82) is 0 Å². The highest BCUT2D eigenvalue weighted by atomic mass is 16.1. The maximum atomic E-state index is 12.2. The van der Waals surface area contributed by atoms with Gasteiger partial charge in [-0.15, -0.1) is 0 Å². The molecule has 0 unspecified atom stereocenters. The summed E-state index contributed by atoms with van der Waals surface area (Å²) in [7, 11) is 0. The van der Waals surface area contributed by atoms with E-state index >= 15 is 0 Å². The molecule has 0 spiro atoms. The fourth-order valence-electron chi connectivity index (χ4n) is 2.49. The van der Waals surface area contributed by atoms with Gasteiger partial charge in [-0.05, 0) is 17.7 Å². The van der Waals surface area contributed by atoms with Crippen molar-refractivity contribution in [2.45, 2.75) is 6.54 Å². The maximum absolute atomic E-state index is 12.2. The molecule has 6 heteroatoms. The second-order valence-electron chi connectivity index (χ2n) is 5.17. The summed E-state index contributed by atoms with van der Waals surface area (Å²) in [5.41, 5.74) is 2.87. The Bertz CT molecular complexity index is 1010. The molecule has 0 radical (unpaired) electrons. The molecule has 4 aromatic rings. The minimum atomic E-state index is -0.193. The Labute approximate surface area is 131 Å². The second-order valence-corrected chi connectivity index (χ2v) is 5.17.